The molecule has 2 saturated carbocycles. The monoisotopic (exact) mass is 360 g/mol. The molecule has 0 aliphatic heterocycles. The lowest BCUT2D eigenvalue weighted by atomic mass is 9.84. The Bertz CT molecular complexity index is 785. The van der Waals surface area contributed by atoms with E-state index in [2.05, 4.69) is 10.4 Å². The topological polar surface area (TPSA) is 72.9 Å². The summed E-state index contributed by atoms with van der Waals surface area (Å²) >= 11 is 0. The zero-order valence-electron chi connectivity index (χ0n) is 14.6. The van der Waals surface area contributed by atoms with Gasteiger partial charge in [0.25, 0.3) is 0 Å². The van der Waals surface area contributed by atoms with Crippen LogP contribution in [0.25, 0.3) is 5.69 Å². The van der Waals surface area contributed by atoms with E-state index in [1.807, 2.05) is 48.9 Å². The van der Waals surface area contributed by atoms with Gasteiger partial charge >= 0.3 is 0 Å². The highest BCUT2D eigenvalue weighted by molar-refractivity contribution is 5.93. The molecule has 5 nitrogen and oxygen atoms in total. The zero-order valence-corrected chi connectivity index (χ0v) is 15.4. The van der Waals surface area contributed by atoms with Gasteiger partial charge in [-0.2, -0.15) is 5.10 Å². The molecule has 6 heteroatoms. The van der Waals surface area contributed by atoms with Gasteiger partial charge in [0, 0.05) is 17.4 Å². The molecule has 2 aliphatic carbocycles. The average Bonchev–Trinajstić information content (AvgIpc) is 3.22. The van der Waals surface area contributed by atoms with Crippen LogP contribution in [0.4, 0.5) is 5.69 Å². The van der Waals surface area contributed by atoms with Crippen LogP contribution in [0.3, 0.4) is 0 Å². The minimum absolute atomic E-state index is 0. The van der Waals surface area contributed by atoms with Gasteiger partial charge in [0.05, 0.1) is 17.3 Å². The Morgan fingerprint density at radius 1 is 1.24 bits per heavy atom. The third kappa shape index (κ3) is 3.18. The van der Waals surface area contributed by atoms with Crippen LogP contribution in [0.5, 0.6) is 0 Å². The van der Waals surface area contributed by atoms with Gasteiger partial charge in [-0.25, -0.2) is 4.68 Å². The predicted octanol–water partition coefficient (Wildman–Crippen LogP) is 3.22. The first-order chi connectivity index (χ1) is 11.5. The van der Waals surface area contributed by atoms with E-state index in [4.69, 9.17) is 5.73 Å². The van der Waals surface area contributed by atoms with Crippen molar-refractivity contribution < 1.29 is 4.79 Å². The standard InChI is InChI=1S/C19H24N4O.ClH/c1-11-8-12(2)23(22-11)16-5-3-4-15(10-16)21-19(24)17-13-6-7-14(9-13)18(17)20;/h3-5,8,10,13-14,17-18H,6-7,9,20H2,1-2H3,(H,21,24);1H. The van der Waals surface area contributed by atoms with Crippen LogP contribution in [0.1, 0.15) is 30.7 Å². The molecular formula is C19H25ClN4O. The van der Waals surface area contributed by atoms with Gasteiger partial charge in [-0.3, -0.25) is 4.79 Å². The second-order valence-electron chi connectivity index (χ2n) is 7.31. The Hall–Kier alpha value is -1.85. The van der Waals surface area contributed by atoms with E-state index in [1.165, 1.54) is 6.42 Å². The lowest BCUT2D eigenvalue weighted by Crippen LogP contribution is -2.42. The number of halogens is 1. The van der Waals surface area contributed by atoms with Crippen molar-refractivity contribution in [3.05, 3.63) is 41.7 Å². The Morgan fingerprint density at radius 3 is 2.64 bits per heavy atom. The number of fused-ring (bicyclic) bond motifs is 2. The summed E-state index contributed by atoms with van der Waals surface area (Å²) in [6, 6.07) is 9.89. The van der Waals surface area contributed by atoms with Crippen LogP contribution in [-0.4, -0.2) is 21.7 Å². The number of benzene rings is 1. The number of hydrogen-bond donors (Lipinski definition) is 2. The van der Waals surface area contributed by atoms with Crippen molar-refractivity contribution in [3.63, 3.8) is 0 Å². The number of carbonyl (C=O) groups excluding carboxylic acids is 1. The second-order valence-corrected chi connectivity index (χ2v) is 7.31. The first kappa shape index (κ1) is 18.0. The minimum Gasteiger partial charge on any atom is -0.327 e. The molecule has 2 aliphatic rings. The first-order valence-electron chi connectivity index (χ1n) is 8.73. The zero-order chi connectivity index (χ0) is 16.8. The molecule has 1 aromatic carbocycles. The van der Waals surface area contributed by atoms with Crippen LogP contribution in [0, 0.1) is 31.6 Å². The van der Waals surface area contributed by atoms with E-state index in [0.29, 0.717) is 11.8 Å². The van der Waals surface area contributed by atoms with E-state index in [0.717, 1.165) is 35.6 Å². The largest absolute Gasteiger partial charge is 0.327 e. The fourth-order valence-corrected chi connectivity index (χ4v) is 4.56. The molecule has 1 aromatic heterocycles. The highest BCUT2D eigenvalue weighted by atomic mass is 35.5. The Kier molecular flexibility index (Phi) is 4.89. The molecule has 25 heavy (non-hydrogen) atoms. The Labute approximate surface area is 154 Å². The molecule has 1 heterocycles. The molecule has 2 bridgehead atoms. The van der Waals surface area contributed by atoms with E-state index >= 15 is 0 Å². The van der Waals surface area contributed by atoms with Crippen molar-refractivity contribution in [3.8, 4) is 5.69 Å². The lowest BCUT2D eigenvalue weighted by molar-refractivity contribution is -0.121. The third-order valence-electron chi connectivity index (χ3n) is 5.65. The molecule has 4 rings (SSSR count). The fourth-order valence-electron chi connectivity index (χ4n) is 4.56. The molecule has 4 atom stereocenters. The minimum atomic E-state index is -0.0407. The number of aryl methyl sites for hydroxylation is 2. The Morgan fingerprint density at radius 2 is 2.00 bits per heavy atom. The van der Waals surface area contributed by atoms with Crippen molar-refractivity contribution in [2.45, 2.75) is 39.2 Å². The third-order valence-corrected chi connectivity index (χ3v) is 5.65. The summed E-state index contributed by atoms with van der Waals surface area (Å²) in [5.41, 5.74) is 10.1. The van der Waals surface area contributed by atoms with Gasteiger partial charge in [0.15, 0.2) is 0 Å². The molecule has 2 fully saturated rings. The van der Waals surface area contributed by atoms with E-state index < -0.39 is 0 Å². The smallest absolute Gasteiger partial charge is 0.229 e. The summed E-state index contributed by atoms with van der Waals surface area (Å²) in [4.78, 5) is 12.7. The molecule has 4 unspecified atom stereocenters. The summed E-state index contributed by atoms with van der Waals surface area (Å²) in [5.74, 6) is 1.03. The molecule has 0 saturated heterocycles. The number of hydrogen-bond acceptors (Lipinski definition) is 3. The number of nitrogens with two attached hydrogens (primary N) is 1. The lowest BCUT2D eigenvalue weighted by Gasteiger charge is -2.27. The van der Waals surface area contributed by atoms with Gasteiger partial charge in [-0.15, -0.1) is 12.4 Å². The molecular weight excluding hydrogens is 336 g/mol. The maximum atomic E-state index is 12.7. The number of aromatic nitrogens is 2. The summed E-state index contributed by atoms with van der Waals surface area (Å²) in [5, 5.41) is 7.58. The van der Waals surface area contributed by atoms with Crippen molar-refractivity contribution in [1.82, 2.24) is 9.78 Å². The number of rotatable bonds is 3. The maximum absolute atomic E-state index is 12.7. The fraction of sp³-hybridized carbons (Fsp3) is 0.474. The van der Waals surface area contributed by atoms with Crippen molar-refractivity contribution >= 4 is 24.0 Å². The average molecular weight is 361 g/mol. The van der Waals surface area contributed by atoms with Crippen LogP contribution in [0.15, 0.2) is 30.3 Å². The van der Waals surface area contributed by atoms with Crippen LogP contribution in [0.2, 0.25) is 0 Å². The SMILES string of the molecule is Cc1cc(C)n(-c2cccc(NC(=O)C3C4CCC(C4)C3N)c2)n1.Cl. The second kappa shape index (κ2) is 6.81. The highest BCUT2D eigenvalue weighted by Gasteiger charge is 2.49. The summed E-state index contributed by atoms with van der Waals surface area (Å²) < 4.78 is 1.90. The van der Waals surface area contributed by atoms with Crippen molar-refractivity contribution in [2.24, 2.45) is 23.5 Å². The highest BCUT2D eigenvalue weighted by Crippen LogP contribution is 2.47. The number of anilines is 1. The van der Waals surface area contributed by atoms with Gasteiger partial charge in [0.2, 0.25) is 5.91 Å². The van der Waals surface area contributed by atoms with Crippen LogP contribution < -0.4 is 11.1 Å². The predicted molar refractivity (Wildman–Crippen MR) is 101 cm³/mol. The summed E-state index contributed by atoms with van der Waals surface area (Å²) in [6.07, 6.45) is 3.44. The van der Waals surface area contributed by atoms with Crippen LogP contribution in [-0.2, 0) is 4.79 Å². The Balaban J connectivity index is 0.00000182. The van der Waals surface area contributed by atoms with Crippen LogP contribution >= 0.6 is 12.4 Å². The molecule has 0 radical (unpaired) electrons. The normalized spacial score (nSPS) is 27.2. The first-order valence-corrected chi connectivity index (χ1v) is 8.73. The molecule has 3 N–H and O–H groups in total. The summed E-state index contributed by atoms with van der Waals surface area (Å²) in [7, 11) is 0. The number of carbonyl (C=O) groups is 1. The molecule has 0 spiro atoms. The molecule has 1 amide bonds. The van der Waals surface area contributed by atoms with Crippen molar-refractivity contribution in [1.29, 1.82) is 0 Å². The van der Waals surface area contributed by atoms with E-state index in [-0.39, 0.29) is 30.3 Å². The number of amides is 1. The van der Waals surface area contributed by atoms with Gasteiger partial charge in [0.1, 0.15) is 0 Å². The van der Waals surface area contributed by atoms with Gasteiger partial charge < -0.3 is 11.1 Å². The molecule has 2 aromatic rings. The number of nitrogens with one attached hydrogen (secondary N) is 1. The summed E-state index contributed by atoms with van der Waals surface area (Å²) in [6.45, 7) is 4.01. The van der Waals surface area contributed by atoms with E-state index in [9.17, 15) is 4.79 Å². The number of nitrogens with zero attached hydrogens (tertiary/aromatic N) is 2. The molecule has 134 valence electrons. The van der Waals surface area contributed by atoms with Gasteiger partial charge in [-0.05, 0) is 69.2 Å². The quantitative estimate of drug-likeness (QED) is 0.882. The van der Waals surface area contributed by atoms with E-state index in [1.54, 1.807) is 0 Å². The maximum Gasteiger partial charge on any atom is 0.229 e. The van der Waals surface area contributed by atoms with Gasteiger partial charge in [-0.1, -0.05) is 6.07 Å². The van der Waals surface area contributed by atoms with Crippen molar-refractivity contribution in [2.75, 3.05) is 5.32 Å².